The molecule has 1 fully saturated rings. The van der Waals surface area contributed by atoms with Gasteiger partial charge in [0, 0.05) is 17.1 Å². The SMILES string of the molecule is Cc1cc(OCC(=O)N(CCc2ccccc2)[C@@H](C)C(=O)NC2CCCC2)ccc1Br. The predicted octanol–water partition coefficient (Wildman–Crippen LogP) is 4.65. The summed E-state index contributed by atoms with van der Waals surface area (Å²) in [5, 5.41) is 3.12. The Hall–Kier alpha value is -2.34. The summed E-state index contributed by atoms with van der Waals surface area (Å²) in [6, 6.07) is 15.3. The van der Waals surface area contributed by atoms with E-state index < -0.39 is 6.04 Å². The Labute approximate surface area is 193 Å². The monoisotopic (exact) mass is 486 g/mol. The van der Waals surface area contributed by atoms with Crippen LogP contribution in [0.5, 0.6) is 5.75 Å². The molecule has 1 aliphatic rings. The molecule has 1 aliphatic carbocycles. The van der Waals surface area contributed by atoms with Crippen molar-refractivity contribution in [1.82, 2.24) is 10.2 Å². The number of hydrogen-bond donors (Lipinski definition) is 1. The maximum absolute atomic E-state index is 13.1. The third-order valence-corrected chi connectivity index (χ3v) is 6.73. The largest absolute Gasteiger partial charge is 0.484 e. The number of rotatable bonds is 9. The fraction of sp³-hybridized carbons (Fsp3) is 0.440. The van der Waals surface area contributed by atoms with Crippen molar-refractivity contribution in [1.29, 1.82) is 0 Å². The lowest BCUT2D eigenvalue weighted by Gasteiger charge is -2.29. The van der Waals surface area contributed by atoms with Gasteiger partial charge in [-0.15, -0.1) is 0 Å². The lowest BCUT2D eigenvalue weighted by atomic mass is 10.1. The van der Waals surface area contributed by atoms with Crippen LogP contribution in [0.3, 0.4) is 0 Å². The summed E-state index contributed by atoms with van der Waals surface area (Å²) in [6.07, 6.45) is 5.02. The maximum Gasteiger partial charge on any atom is 0.261 e. The molecule has 0 bridgehead atoms. The average Bonchev–Trinajstić information content (AvgIpc) is 3.28. The van der Waals surface area contributed by atoms with E-state index in [2.05, 4.69) is 21.2 Å². The van der Waals surface area contributed by atoms with Crippen molar-refractivity contribution in [3.8, 4) is 5.75 Å². The molecule has 1 atom stereocenters. The van der Waals surface area contributed by atoms with E-state index in [1.807, 2.05) is 55.5 Å². The van der Waals surface area contributed by atoms with Crippen LogP contribution >= 0.6 is 15.9 Å². The second-order valence-corrected chi connectivity index (χ2v) is 9.04. The highest BCUT2D eigenvalue weighted by atomic mass is 79.9. The van der Waals surface area contributed by atoms with E-state index in [0.29, 0.717) is 18.7 Å². The highest BCUT2D eigenvalue weighted by molar-refractivity contribution is 9.10. The third kappa shape index (κ3) is 6.82. The lowest BCUT2D eigenvalue weighted by molar-refractivity contribution is -0.141. The second kappa shape index (κ2) is 11.3. The second-order valence-electron chi connectivity index (χ2n) is 8.19. The molecule has 5 nitrogen and oxygen atoms in total. The van der Waals surface area contributed by atoms with Gasteiger partial charge in [0.2, 0.25) is 5.91 Å². The van der Waals surface area contributed by atoms with Crippen molar-refractivity contribution < 1.29 is 14.3 Å². The maximum atomic E-state index is 13.1. The van der Waals surface area contributed by atoms with Crippen LogP contribution in [0.2, 0.25) is 0 Å². The normalized spacial score (nSPS) is 14.8. The molecular formula is C25H31BrN2O3. The number of aryl methyl sites for hydroxylation is 1. The van der Waals surface area contributed by atoms with Crippen molar-refractivity contribution in [3.63, 3.8) is 0 Å². The molecule has 2 aromatic carbocycles. The van der Waals surface area contributed by atoms with Gasteiger partial charge in [-0.25, -0.2) is 0 Å². The van der Waals surface area contributed by atoms with Gasteiger partial charge in [-0.2, -0.15) is 0 Å². The van der Waals surface area contributed by atoms with Crippen LogP contribution in [0, 0.1) is 6.92 Å². The molecule has 6 heteroatoms. The molecule has 0 spiro atoms. The molecule has 1 N–H and O–H groups in total. The van der Waals surface area contributed by atoms with Crippen molar-refractivity contribution in [3.05, 3.63) is 64.1 Å². The molecule has 0 heterocycles. The van der Waals surface area contributed by atoms with Crippen LogP contribution in [-0.2, 0) is 16.0 Å². The molecule has 2 amide bonds. The van der Waals surface area contributed by atoms with E-state index in [0.717, 1.165) is 41.3 Å². The number of nitrogens with one attached hydrogen (secondary N) is 1. The number of benzene rings is 2. The number of nitrogens with zero attached hydrogens (tertiary/aromatic N) is 1. The first-order chi connectivity index (χ1) is 14.9. The molecule has 31 heavy (non-hydrogen) atoms. The fourth-order valence-electron chi connectivity index (χ4n) is 3.90. The summed E-state index contributed by atoms with van der Waals surface area (Å²) < 4.78 is 6.75. The summed E-state index contributed by atoms with van der Waals surface area (Å²) >= 11 is 3.47. The number of halogens is 1. The number of carbonyl (C=O) groups excluding carboxylic acids is 2. The van der Waals surface area contributed by atoms with E-state index >= 15 is 0 Å². The number of amides is 2. The minimum atomic E-state index is -0.549. The number of ether oxygens (including phenoxy) is 1. The predicted molar refractivity (Wildman–Crippen MR) is 126 cm³/mol. The topological polar surface area (TPSA) is 58.6 Å². The van der Waals surface area contributed by atoms with E-state index in [1.54, 1.807) is 11.8 Å². The third-order valence-electron chi connectivity index (χ3n) is 5.84. The Kier molecular flexibility index (Phi) is 8.52. The molecule has 166 valence electrons. The summed E-state index contributed by atoms with van der Waals surface area (Å²) in [5.41, 5.74) is 2.17. The van der Waals surface area contributed by atoms with Gasteiger partial charge in [-0.1, -0.05) is 59.1 Å². The van der Waals surface area contributed by atoms with Gasteiger partial charge < -0.3 is 15.0 Å². The van der Waals surface area contributed by atoms with Gasteiger partial charge >= 0.3 is 0 Å². The van der Waals surface area contributed by atoms with Gasteiger partial charge in [0.1, 0.15) is 11.8 Å². The molecule has 2 aromatic rings. The Morgan fingerprint density at radius 2 is 1.87 bits per heavy atom. The Bertz CT molecular complexity index is 882. The molecular weight excluding hydrogens is 456 g/mol. The summed E-state index contributed by atoms with van der Waals surface area (Å²) in [7, 11) is 0. The van der Waals surface area contributed by atoms with E-state index in [1.165, 1.54) is 0 Å². The number of hydrogen-bond acceptors (Lipinski definition) is 3. The van der Waals surface area contributed by atoms with Gasteiger partial charge in [0.25, 0.3) is 5.91 Å². The Morgan fingerprint density at radius 3 is 2.55 bits per heavy atom. The Balaban J connectivity index is 1.65. The minimum Gasteiger partial charge on any atom is -0.484 e. The van der Waals surface area contributed by atoms with E-state index in [-0.39, 0.29) is 24.5 Å². The molecule has 0 unspecified atom stereocenters. The summed E-state index contributed by atoms with van der Waals surface area (Å²) in [5.74, 6) is 0.360. The lowest BCUT2D eigenvalue weighted by Crippen LogP contribution is -2.51. The highest BCUT2D eigenvalue weighted by Gasteiger charge is 2.28. The van der Waals surface area contributed by atoms with Crippen LogP contribution in [0.4, 0.5) is 0 Å². The first-order valence-corrected chi connectivity index (χ1v) is 11.8. The van der Waals surface area contributed by atoms with Gasteiger partial charge in [-0.05, 0) is 62.4 Å². The molecule has 0 radical (unpaired) electrons. The van der Waals surface area contributed by atoms with Crippen LogP contribution in [0.15, 0.2) is 53.0 Å². The smallest absolute Gasteiger partial charge is 0.261 e. The van der Waals surface area contributed by atoms with Crippen molar-refractivity contribution in [2.45, 2.75) is 58.0 Å². The zero-order valence-electron chi connectivity index (χ0n) is 18.3. The van der Waals surface area contributed by atoms with Crippen LogP contribution in [-0.4, -0.2) is 41.9 Å². The van der Waals surface area contributed by atoms with Gasteiger partial charge in [0.15, 0.2) is 6.61 Å². The molecule has 1 saturated carbocycles. The average molecular weight is 487 g/mol. The van der Waals surface area contributed by atoms with Crippen LogP contribution in [0.1, 0.15) is 43.7 Å². The summed E-state index contributed by atoms with van der Waals surface area (Å²) in [6.45, 7) is 4.14. The molecule has 0 saturated heterocycles. The Morgan fingerprint density at radius 1 is 1.16 bits per heavy atom. The molecule has 3 rings (SSSR count). The van der Waals surface area contributed by atoms with Crippen molar-refractivity contribution >= 4 is 27.7 Å². The minimum absolute atomic E-state index is 0.0900. The highest BCUT2D eigenvalue weighted by Crippen LogP contribution is 2.22. The van der Waals surface area contributed by atoms with Crippen molar-refractivity contribution in [2.24, 2.45) is 0 Å². The number of carbonyl (C=O) groups is 2. The fourth-order valence-corrected chi connectivity index (χ4v) is 4.14. The van der Waals surface area contributed by atoms with Gasteiger partial charge in [-0.3, -0.25) is 9.59 Å². The standard InChI is InChI=1S/C25H31BrN2O3/c1-18-16-22(12-13-23(18)26)31-17-24(29)28(15-14-20-8-4-3-5-9-20)19(2)25(30)27-21-10-6-7-11-21/h3-5,8-9,12-13,16,19,21H,6-7,10-11,14-15,17H2,1-2H3,(H,27,30)/t19-/m0/s1. The summed E-state index contributed by atoms with van der Waals surface area (Å²) in [4.78, 5) is 27.6. The zero-order valence-corrected chi connectivity index (χ0v) is 19.9. The van der Waals surface area contributed by atoms with Crippen molar-refractivity contribution in [2.75, 3.05) is 13.2 Å². The van der Waals surface area contributed by atoms with Gasteiger partial charge in [0.05, 0.1) is 0 Å². The van der Waals surface area contributed by atoms with Crippen LogP contribution in [0.25, 0.3) is 0 Å². The van der Waals surface area contributed by atoms with E-state index in [4.69, 9.17) is 4.74 Å². The molecule has 0 aliphatic heterocycles. The van der Waals surface area contributed by atoms with Crippen LogP contribution < -0.4 is 10.1 Å². The first kappa shape index (κ1) is 23.3. The quantitative estimate of drug-likeness (QED) is 0.560. The first-order valence-electron chi connectivity index (χ1n) is 11.0. The molecule has 0 aromatic heterocycles. The zero-order chi connectivity index (χ0) is 22.2. The van der Waals surface area contributed by atoms with E-state index in [9.17, 15) is 9.59 Å².